The Morgan fingerprint density at radius 2 is 1.82 bits per heavy atom. The van der Waals surface area contributed by atoms with Gasteiger partial charge in [-0.05, 0) is 50.4 Å². The molecule has 0 atom stereocenters. The molecule has 0 amide bonds. The van der Waals surface area contributed by atoms with Crippen molar-refractivity contribution in [2.24, 2.45) is 0 Å². The summed E-state index contributed by atoms with van der Waals surface area (Å²) in [6.45, 7) is 5.37. The summed E-state index contributed by atoms with van der Waals surface area (Å²) in [5, 5.41) is 0. The van der Waals surface area contributed by atoms with E-state index in [2.05, 4.69) is 59.3 Å². The van der Waals surface area contributed by atoms with Gasteiger partial charge >= 0.3 is 5.97 Å². The van der Waals surface area contributed by atoms with Crippen LogP contribution in [-0.2, 0) is 9.68 Å². The monoisotopic (exact) mass is 426 g/mol. The lowest BCUT2D eigenvalue weighted by molar-refractivity contribution is -0.209. The standard InChI is InChI=1S/C11H9Br3O3/c1-3-6(2)11(15)17-16-10-8(13)4-7(12)5-9(10)14/h4-5H,2-3H2,1H3. The zero-order chi connectivity index (χ0) is 13.0. The van der Waals surface area contributed by atoms with Gasteiger partial charge in [0.2, 0.25) is 5.75 Å². The lowest BCUT2D eigenvalue weighted by atomic mass is 10.2. The molecule has 1 aromatic rings. The predicted molar refractivity (Wildman–Crippen MR) is 75.7 cm³/mol. The largest absolute Gasteiger partial charge is 0.381 e. The third-order valence-electron chi connectivity index (χ3n) is 1.88. The number of benzene rings is 1. The van der Waals surface area contributed by atoms with E-state index in [0.29, 0.717) is 26.7 Å². The van der Waals surface area contributed by atoms with Crippen LogP contribution in [-0.4, -0.2) is 5.97 Å². The normalized spacial score (nSPS) is 9.88. The van der Waals surface area contributed by atoms with Crippen LogP contribution in [0.5, 0.6) is 5.75 Å². The minimum atomic E-state index is -0.575. The maximum Gasteiger partial charge on any atom is 0.381 e. The molecular formula is C11H9Br3O3. The summed E-state index contributed by atoms with van der Waals surface area (Å²) < 4.78 is 2.19. The second-order valence-electron chi connectivity index (χ2n) is 3.11. The second kappa shape index (κ2) is 6.56. The van der Waals surface area contributed by atoms with Gasteiger partial charge in [0.25, 0.3) is 0 Å². The van der Waals surface area contributed by atoms with Gasteiger partial charge in [0.1, 0.15) is 0 Å². The van der Waals surface area contributed by atoms with Crippen LogP contribution in [0.2, 0.25) is 0 Å². The molecule has 92 valence electrons. The average molecular weight is 429 g/mol. The van der Waals surface area contributed by atoms with Crippen LogP contribution in [0, 0.1) is 0 Å². The highest BCUT2D eigenvalue weighted by Crippen LogP contribution is 2.36. The van der Waals surface area contributed by atoms with Gasteiger partial charge in [-0.3, -0.25) is 4.89 Å². The summed E-state index contributed by atoms with van der Waals surface area (Å²) in [5.74, 6) is -0.181. The Kier molecular flexibility index (Phi) is 5.69. The molecule has 1 rings (SSSR count). The van der Waals surface area contributed by atoms with Crippen molar-refractivity contribution < 1.29 is 14.6 Å². The third kappa shape index (κ3) is 4.12. The molecule has 0 aliphatic heterocycles. The van der Waals surface area contributed by atoms with Gasteiger partial charge in [0.15, 0.2) is 0 Å². The molecule has 0 aliphatic rings. The van der Waals surface area contributed by atoms with Crippen LogP contribution in [0.1, 0.15) is 13.3 Å². The summed E-state index contributed by atoms with van der Waals surface area (Å²) in [6.07, 6.45) is 0.519. The van der Waals surface area contributed by atoms with Gasteiger partial charge in [0.05, 0.1) is 8.95 Å². The highest BCUT2D eigenvalue weighted by Gasteiger charge is 2.13. The zero-order valence-electron chi connectivity index (χ0n) is 8.93. The molecule has 1 aromatic carbocycles. The Morgan fingerprint density at radius 1 is 1.29 bits per heavy atom. The first kappa shape index (κ1) is 14.7. The van der Waals surface area contributed by atoms with Crippen LogP contribution < -0.4 is 4.89 Å². The van der Waals surface area contributed by atoms with Crippen molar-refractivity contribution in [2.75, 3.05) is 0 Å². The summed E-state index contributed by atoms with van der Waals surface area (Å²) in [5.41, 5.74) is 0.356. The topological polar surface area (TPSA) is 35.5 Å². The minimum absolute atomic E-state index is 0.356. The summed E-state index contributed by atoms with van der Waals surface area (Å²) in [6, 6.07) is 3.56. The minimum Gasteiger partial charge on any atom is -0.284 e. The first-order valence-electron chi connectivity index (χ1n) is 4.66. The van der Waals surface area contributed by atoms with E-state index >= 15 is 0 Å². The molecular weight excluding hydrogens is 420 g/mol. The molecule has 0 spiro atoms. The lowest BCUT2D eigenvalue weighted by Crippen LogP contribution is -2.10. The smallest absolute Gasteiger partial charge is 0.284 e. The maximum absolute atomic E-state index is 11.4. The van der Waals surface area contributed by atoms with Crippen molar-refractivity contribution in [1.82, 2.24) is 0 Å². The Balaban J connectivity index is 2.76. The number of halogens is 3. The van der Waals surface area contributed by atoms with E-state index in [4.69, 9.17) is 4.89 Å². The Morgan fingerprint density at radius 3 is 2.29 bits per heavy atom. The fraction of sp³-hybridized carbons (Fsp3) is 0.182. The highest BCUT2D eigenvalue weighted by atomic mass is 79.9. The molecule has 0 bridgehead atoms. The summed E-state index contributed by atoms with van der Waals surface area (Å²) in [7, 11) is 0. The summed E-state index contributed by atoms with van der Waals surface area (Å²) in [4.78, 5) is 21.0. The van der Waals surface area contributed by atoms with Gasteiger partial charge in [-0.1, -0.05) is 29.4 Å². The van der Waals surface area contributed by atoms with Crippen LogP contribution in [0.25, 0.3) is 0 Å². The predicted octanol–water partition coefficient (Wildman–Crippen LogP) is 4.78. The first-order chi connectivity index (χ1) is 7.95. The van der Waals surface area contributed by atoms with E-state index in [9.17, 15) is 4.79 Å². The molecule has 0 saturated carbocycles. The van der Waals surface area contributed by atoms with Gasteiger partial charge in [-0.25, -0.2) is 9.68 Å². The van der Waals surface area contributed by atoms with E-state index < -0.39 is 5.97 Å². The first-order valence-corrected chi connectivity index (χ1v) is 7.04. The molecule has 0 unspecified atom stereocenters. The van der Waals surface area contributed by atoms with E-state index in [0.717, 1.165) is 4.47 Å². The Bertz CT molecular complexity index is 434. The molecule has 0 radical (unpaired) electrons. The fourth-order valence-corrected chi connectivity index (χ4v) is 3.28. The molecule has 0 fully saturated rings. The Labute approximate surface area is 124 Å². The quantitative estimate of drug-likeness (QED) is 0.393. The maximum atomic E-state index is 11.4. The van der Waals surface area contributed by atoms with Crippen molar-refractivity contribution in [3.8, 4) is 5.75 Å². The van der Waals surface area contributed by atoms with Crippen LogP contribution in [0.4, 0.5) is 0 Å². The fourth-order valence-electron chi connectivity index (χ4n) is 0.891. The van der Waals surface area contributed by atoms with Crippen molar-refractivity contribution >= 4 is 53.8 Å². The molecule has 0 aliphatic carbocycles. The van der Waals surface area contributed by atoms with E-state index in [1.54, 1.807) is 12.1 Å². The van der Waals surface area contributed by atoms with E-state index in [-0.39, 0.29) is 0 Å². The molecule has 6 heteroatoms. The number of hydrogen-bond acceptors (Lipinski definition) is 3. The van der Waals surface area contributed by atoms with Crippen molar-refractivity contribution in [2.45, 2.75) is 13.3 Å². The molecule has 3 nitrogen and oxygen atoms in total. The second-order valence-corrected chi connectivity index (χ2v) is 5.73. The van der Waals surface area contributed by atoms with Crippen LogP contribution in [0.15, 0.2) is 37.7 Å². The number of rotatable bonds is 4. The van der Waals surface area contributed by atoms with Crippen molar-refractivity contribution in [3.05, 3.63) is 37.7 Å². The molecule has 0 N–H and O–H groups in total. The molecule has 0 aromatic heterocycles. The number of carbonyl (C=O) groups excluding carboxylic acids is 1. The molecule has 17 heavy (non-hydrogen) atoms. The van der Waals surface area contributed by atoms with Crippen molar-refractivity contribution in [3.63, 3.8) is 0 Å². The average Bonchev–Trinajstić information content (AvgIpc) is 2.26. The molecule has 0 saturated heterocycles. The Hall–Kier alpha value is -0.330. The SMILES string of the molecule is C=C(CC)C(=O)OOc1c(Br)cc(Br)cc1Br. The van der Waals surface area contributed by atoms with E-state index in [1.165, 1.54) is 0 Å². The van der Waals surface area contributed by atoms with Gasteiger partial charge in [0, 0.05) is 10.0 Å². The van der Waals surface area contributed by atoms with Gasteiger partial charge in [-0.2, -0.15) is 0 Å². The van der Waals surface area contributed by atoms with Crippen LogP contribution in [0.3, 0.4) is 0 Å². The van der Waals surface area contributed by atoms with E-state index in [1.807, 2.05) is 6.92 Å². The number of carbonyl (C=O) groups is 1. The third-order valence-corrected chi connectivity index (χ3v) is 3.52. The van der Waals surface area contributed by atoms with Gasteiger partial charge < -0.3 is 0 Å². The lowest BCUT2D eigenvalue weighted by Gasteiger charge is -2.08. The molecule has 0 heterocycles. The van der Waals surface area contributed by atoms with Gasteiger partial charge in [-0.15, -0.1) is 0 Å². The van der Waals surface area contributed by atoms with Crippen LogP contribution >= 0.6 is 47.8 Å². The zero-order valence-corrected chi connectivity index (χ0v) is 13.7. The summed E-state index contributed by atoms with van der Waals surface area (Å²) >= 11 is 9.93. The number of hydrogen-bond donors (Lipinski definition) is 0. The van der Waals surface area contributed by atoms with Crippen molar-refractivity contribution in [1.29, 1.82) is 0 Å². The highest BCUT2D eigenvalue weighted by molar-refractivity contribution is 9.11.